The molecule has 1 aliphatic rings. The van der Waals surface area contributed by atoms with Gasteiger partial charge in [-0.1, -0.05) is 20.3 Å². The molecule has 1 saturated carbocycles. The van der Waals surface area contributed by atoms with Crippen LogP contribution in [-0.4, -0.2) is 53.7 Å². The number of carbonyl (C=O) groups is 2. The van der Waals surface area contributed by atoms with Gasteiger partial charge in [0.15, 0.2) is 0 Å². The Kier molecular flexibility index (Phi) is 6.62. The minimum atomic E-state index is -0.981. The second kappa shape index (κ2) is 7.99. The van der Waals surface area contributed by atoms with Gasteiger partial charge in [0.2, 0.25) is 0 Å². The number of carboxylic acid groups (broad SMARTS) is 1. The Hall–Kier alpha value is -1.30. The van der Waals surface area contributed by atoms with E-state index in [4.69, 9.17) is 5.11 Å². The number of carboxylic acids is 1. The number of nitrogens with one attached hydrogen (secondary N) is 2. The molecule has 6 nitrogen and oxygen atoms in total. The molecule has 0 aromatic heterocycles. The molecule has 1 rings (SSSR count). The smallest absolute Gasteiger partial charge is 0.326 e. The molecule has 1 aliphatic carbocycles. The van der Waals surface area contributed by atoms with Gasteiger partial charge in [0.1, 0.15) is 6.04 Å². The Morgan fingerprint density at radius 3 is 2.53 bits per heavy atom. The fourth-order valence-electron chi connectivity index (χ4n) is 2.11. The quantitative estimate of drug-likeness (QED) is 0.585. The van der Waals surface area contributed by atoms with E-state index in [1.165, 1.54) is 12.8 Å². The highest BCUT2D eigenvalue weighted by molar-refractivity contribution is 5.82. The molecule has 0 spiro atoms. The fraction of sp³-hybridized carbons (Fsp3) is 0.846. The van der Waals surface area contributed by atoms with Gasteiger partial charge in [-0.15, -0.1) is 0 Å². The maximum Gasteiger partial charge on any atom is 0.326 e. The summed E-state index contributed by atoms with van der Waals surface area (Å²) >= 11 is 0. The van der Waals surface area contributed by atoms with Crippen molar-refractivity contribution in [2.45, 2.75) is 51.6 Å². The molecule has 0 heterocycles. The average molecular weight is 271 g/mol. The van der Waals surface area contributed by atoms with Gasteiger partial charge >= 0.3 is 12.0 Å². The van der Waals surface area contributed by atoms with Gasteiger partial charge < -0.3 is 15.7 Å². The maximum absolute atomic E-state index is 11.6. The van der Waals surface area contributed by atoms with Crippen LogP contribution in [0.2, 0.25) is 0 Å². The monoisotopic (exact) mass is 271 g/mol. The van der Waals surface area contributed by atoms with Crippen molar-refractivity contribution in [3.63, 3.8) is 0 Å². The van der Waals surface area contributed by atoms with Crippen LogP contribution in [0.1, 0.15) is 39.5 Å². The molecule has 0 aromatic carbocycles. The lowest BCUT2D eigenvalue weighted by molar-refractivity contribution is -0.139. The lowest BCUT2D eigenvalue weighted by Crippen LogP contribution is -2.47. The van der Waals surface area contributed by atoms with Gasteiger partial charge in [-0.05, 0) is 25.8 Å². The number of carbonyl (C=O) groups excluding carboxylic acids is 1. The molecule has 2 amide bonds. The van der Waals surface area contributed by atoms with E-state index in [9.17, 15) is 9.59 Å². The molecule has 0 aliphatic heterocycles. The fourth-order valence-corrected chi connectivity index (χ4v) is 2.11. The molecule has 6 heteroatoms. The first-order chi connectivity index (χ1) is 9.08. The minimum Gasteiger partial charge on any atom is -0.480 e. The lowest BCUT2D eigenvalue weighted by Gasteiger charge is -2.20. The third kappa shape index (κ3) is 5.92. The molecule has 3 N–H and O–H groups in total. The number of hydrogen-bond donors (Lipinski definition) is 3. The number of hydrogen-bond acceptors (Lipinski definition) is 3. The average Bonchev–Trinajstić information content (AvgIpc) is 3.18. The van der Waals surface area contributed by atoms with Crippen LogP contribution in [0.4, 0.5) is 4.79 Å². The summed E-state index contributed by atoms with van der Waals surface area (Å²) in [5.74, 6) is -0.981. The highest BCUT2D eigenvalue weighted by Crippen LogP contribution is 2.25. The number of likely N-dealkylation sites (N-methyl/N-ethyl adjacent to an activating group) is 1. The van der Waals surface area contributed by atoms with Gasteiger partial charge in [-0.2, -0.15) is 0 Å². The zero-order valence-electron chi connectivity index (χ0n) is 11.8. The molecule has 0 bridgehead atoms. The summed E-state index contributed by atoms with van der Waals surface area (Å²) in [6, 6.07) is -0.509. The van der Waals surface area contributed by atoms with Crippen molar-refractivity contribution >= 4 is 12.0 Å². The van der Waals surface area contributed by atoms with E-state index in [1.54, 1.807) is 0 Å². The molecule has 0 radical (unpaired) electrons. The third-order valence-corrected chi connectivity index (χ3v) is 3.33. The lowest BCUT2D eigenvalue weighted by atomic mass is 10.2. The normalized spacial score (nSPS) is 16.2. The summed E-state index contributed by atoms with van der Waals surface area (Å²) in [6.45, 7) is 6.36. The van der Waals surface area contributed by atoms with Crippen molar-refractivity contribution in [3.05, 3.63) is 0 Å². The van der Waals surface area contributed by atoms with E-state index in [0.29, 0.717) is 19.0 Å². The Labute approximate surface area is 114 Å². The second-order valence-corrected chi connectivity index (χ2v) is 4.94. The number of nitrogens with zero attached hydrogens (tertiary/aromatic N) is 1. The van der Waals surface area contributed by atoms with Crippen molar-refractivity contribution in [2.75, 3.05) is 19.6 Å². The van der Waals surface area contributed by atoms with Crippen LogP contribution in [0.15, 0.2) is 0 Å². The first-order valence-electron chi connectivity index (χ1n) is 7.09. The summed E-state index contributed by atoms with van der Waals surface area (Å²) in [5, 5.41) is 14.1. The van der Waals surface area contributed by atoms with Crippen molar-refractivity contribution < 1.29 is 14.7 Å². The summed E-state index contributed by atoms with van der Waals surface area (Å²) < 4.78 is 0. The Bertz CT molecular complexity index is 306. The number of aliphatic carboxylic acids is 1. The largest absolute Gasteiger partial charge is 0.480 e. The van der Waals surface area contributed by atoms with Crippen LogP contribution in [-0.2, 0) is 4.79 Å². The Balaban J connectivity index is 2.20. The zero-order valence-corrected chi connectivity index (χ0v) is 11.8. The van der Waals surface area contributed by atoms with Gasteiger partial charge in [0, 0.05) is 19.1 Å². The van der Waals surface area contributed by atoms with Gasteiger partial charge in [-0.3, -0.25) is 4.90 Å². The Morgan fingerprint density at radius 1 is 1.37 bits per heavy atom. The van der Waals surface area contributed by atoms with Crippen molar-refractivity contribution in [1.29, 1.82) is 0 Å². The SMILES string of the molecule is CCC[C@H](NC(=O)NCCN(CC)C1CC1)C(=O)O. The second-order valence-electron chi connectivity index (χ2n) is 4.94. The molecular weight excluding hydrogens is 246 g/mol. The van der Waals surface area contributed by atoms with E-state index in [1.807, 2.05) is 6.92 Å². The summed E-state index contributed by atoms with van der Waals surface area (Å²) in [5.41, 5.74) is 0. The molecule has 0 aromatic rings. The van der Waals surface area contributed by atoms with E-state index in [2.05, 4.69) is 22.5 Å². The molecule has 1 atom stereocenters. The minimum absolute atomic E-state index is 0.396. The van der Waals surface area contributed by atoms with E-state index in [-0.39, 0.29) is 0 Å². The van der Waals surface area contributed by atoms with Crippen LogP contribution in [0.25, 0.3) is 0 Å². The maximum atomic E-state index is 11.6. The number of rotatable bonds is 9. The third-order valence-electron chi connectivity index (χ3n) is 3.33. The molecule has 0 unspecified atom stereocenters. The topological polar surface area (TPSA) is 81.7 Å². The predicted molar refractivity (Wildman–Crippen MR) is 73.1 cm³/mol. The van der Waals surface area contributed by atoms with Crippen LogP contribution in [0.3, 0.4) is 0 Å². The molecule has 1 fully saturated rings. The first kappa shape index (κ1) is 15.8. The van der Waals surface area contributed by atoms with E-state index >= 15 is 0 Å². The van der Waals surface area contributed by atoms with Gasteiger partial charge in [0.05, 0.1) is 0 Å². The highest BCUT2D eigenvalue weighted by Gasteiger charge is 2.27. The highest BCUT2D eigenvalue weighted by atomic mass is 16.4. The van der Waals surface area contributed by atoms with E-state index in [0.717, 1.165) is 19.5 Å². The van der Waals surface area contributed by atoms with Crippen LogP contribution in [0, 0.1) is 0 Å². The van der Waals surface area contributed by atoms with Gasteiger partial charge in [-0.25, -0.2) is 9.59 Å². The summed E-state index contributed by atoms with van der Waals surface area (Å²) in [4.78, 5) is 24.8. The van der Waals surface area contributed by atoms with Crippen molar-refractivity contribution in [2.24, 2.45) is 0 Å². The number of urea groups is 1. The molecule has 19 heavy (non-hydrogen) atoms. The van der Waals surface area contributed by atoms with Crippen LogP contribution >= 0.6 is 0 Å². The first-order valence-corrected chi connectivity index (χ1v) is 7.09. The van der Waals surface area contributed by atoms with Crippen molar-refractivity contribution in [1.82, 2.24) is 15.5 Å². The van der Waals surface area contributed by atoms with Crippen LogP contribution in [0.5, 0.6) is 0 Å². The summed E-state index contributed by atoms with van der Waals surface area (Å²) in [7, 11) is 0. The summed E-state index contributed by atoms with van der Waals surface area (Å²) in [6.07, 6.45) is 3.67. The van der Waals surface area contributed by atoms with E-state index < -0.39 is 18.0 Å². The zero-order chi connectivity index (χ0) is 14.3. The predicted octanol–water partition coefficient (Wildman–Crippen LogP) is 1.02. The number of amides is 2. The molecule has 0 saturated heterocycles. The standard InChI is InChI=1S/C13H25N3O3/c1-3-5-11(12(17)18)15-13(19)14-8-9-16(4-2)10-6-7-10/h10-11H,3-9H2,1-2H3,(H,17,18)(H2,14,15,19)/t11-/m0/s1. The van der Waals surface area contributed by atoms with Gasteiger partial charge in [0.25, 0.3) is 0 Å². The Morgan fingerprint density at radius 2 is 2.05 bits per heavy atom. The molecular formula is C13H25N3O3. The molecule has 110 valence electrons. The van der Waals surface area contributed by atoms with Crippen LogP contribution < -0.4 is 10.6 Å². The van der Waals surface area contributed by atoms with Crippen molar-refractivity contribution in [3.8, 4) is 0 Å².